The Morgan fingerprint density at radius 2 is 2.11 bits per heavy atom. The molecule has 2 N–H and O–H groups in total. The zero-order valence-electron chi connectivity index (χ0n) is 14.9. The molecular formula is C18H18BrF2N2O3PS. The lowest BCUT2D eigenvalue weighted by atomic mass is 10.1. The Labute approximate surface area is 173 Å². The summed E-state index contributed by atoms with van der Waals surface area (Å²) in [5.74, 6) is 0.771. The van der Waals surface area contributed by atoms with Crippen LogP contribution >= 0.6 is 35.3 Å². The summed E-state index contributed by atoms with van der Waals surface area (Å²) in [4.78, 5) is 17.0. The van der Waals surface area contributed by atoms with Gasteiger partial charge in [0.15, 0.2) is 5.16 Å². The second kappa shape index (κ2) is 8.95. The standard InChI is InChI=1S/C18H18BrF2N2O3PS/c1-11-4-6-14-15(9-11)23-18(22-14)28-8-2-3-12-5-7-16(13(19)10-12)26-27(24,25)17(20)21/h4-7,9-10,17H,2-3,8H2,1H3,(H,22,23)(H,24,25). The average molecular weight is 491 g/mol. The number of benzene rings is 2. The molecule has 28 heavy (non-hydrogen) atoms. The highest BCUT2D eigenvalue weighted by Gasteiger charge is 2.34. The van der Waals surface area contributed by atoms with E-state index in [0.29, 0.717) is 4.47 Å². The lowest BCUT2D eigenvalue weighted by Gasteiger charge is -2.14. The van der Waals surface area contributed by atoms with Gasteiger partial charge in [0.1, 0.15) is 5.75 Å². The third kappa shape index (κ3) is 5.35. The molecule has 0 aliphatic carbocycles. The number of aryl methyl sites for hydroxylation is 2. The number of hydrogen-bond acceptors (Lipinski definition) is 4. The van der Waals surface area contributed by atoms with Crippen molar-refractivity contribution in [2.75, 3.05) is 5.75 Å². The van der Waals surface area contributed by atoms with E-state index in [9.17, 15) is 13.3 Å². The minimum atomic E-state index is -4.98. The number of alkyl halides is 2. The van der Waals surface area contributed by atoms with Crippen molar-refractivity contribution in [3.63, 3.8) is 0 Å². The number of nitrogens with one attached hydrogen (secondary N) is 1. The molecule has 1 aromatic heterocycles. The molecule has 0 spiro atoms. The third-order valence-corrected chi connectivity index (χ3v) is 6.47. The molecule has 150 valence electrons. The van der Waals surface area contributed by atoms with Gasteiger partial charge in [-0.25, -0.2) is 9.55 Å². The van der Waals surface area contributed by atoms with Crippen molar-refractivity contribution in [2.24, 2.45) is 0 Å². The van der Waals surface area contributed by atoms with E-state index in [-0.39, 0.29) is 5.75 Å². The maximum atomic E-state index is 12.5. The molecule has 1 atom stereocenters. The van der Waals surface area contributed by atoms with Crippen LogP contribution in [0.25, 0.3) is 11.0 Å². The number of thioether (sulfide) groups is 1. The fraction of sp³-hybridized carbons (Fsp3) is 0.278. The number of H-pyrrole nitrogens is 1. The van der Waals surface area contributed by atoms with Crippen LogP contribution in [0.2, 0.25) is 0 Å². The zero-order valence-corrected chi connectivity index (χ0v) is 18.2. The van der Waals surface area contributed by atoms with Crippen LogP contribution in [0.4, 0.5) is 8.78 Å². The van der Waals surface area contributed by atoms with Gasteiger partial charge in [-0.1, -0.05) is 23.9 Å². The molecule has 3 aromatic rings. The van der Waals surface area contributed by atoms with Gasteiger partial charge in [0.2, 0.25) is 0 Å². The number of halogens is 3. The fourth-order valence-corrected chi connectivity index (χ4v) is 4.55. The topological polar surface area (TPSA) is 75.2 Å². The van der Waals surface area contributed by atoms with Crippen LogP contribution in [0.3, 0.4) is 0 Å². The SMILES string of the molecule is Cc1ccc2nc(SCCCc3ccc(OP(=O)(O)C(F)F)c(Br)c3)[nH]c2c1. The van der Waals surface area contributed by atoms with Crippen LogP contribution in [-0.2, 0) is 11.0 Å². The minimum Gasteiger partial charge on any atom is -0.420 e. The van der Waals surface area contributed by atoms with E-state index in [1.165, 1.54) is 11.6 Å². The Bertz CT molecular complexity index is 1030. The first kappa shape index (κ1) is 21.3. The van der Waals surface area contributed by atoms with Gasteiger partial charge in [0.25, 0.3) is 0 Å². The van der Waals surface area contributed by atoms with E-state index in [1.54, 1.807) is 23.9 Å². The zero-order chi connectivity index (χ0) is 20.3. The third-order valence-electron chi connectivity index (χ3n) is 3.94. The molecule has 2 aromatic carbocycles. The number of aromatic nitrogens is 2. The fourth-order valence-electron chi connectivity index (χ4n) is 2.57. The van der Waals surface area contributed by atoms with Crippen molar-refractivity contribution >= 4 is 46.3 Å². The normalized spacial score (nSPS) is 13.8. The first-order valence-corrected chi connectivity index (χ1v) is 11.8. The summed E-state index contributed by atoms with van der Waals surface area (Å²) in [6.07, 6.45) is -1.81. The predicted molar refractivity (Wildman–Crippen MR) is 110 cm³/mol. The molecular weight excluding hydrogens is 473 g/mol. The minimum absolute atomic E-state index is 0.0816. The number of aromatic amines is 1. The maximum Gasteiger partial charge on any atom is 0.442 e. The Kier molecular flexibility index (Phi) is 6.81. The first-order chi connectivity index (χ1) is 13.2. The van der Waals surface area contributed by atoms with Gasteiger partial charge >= 0.3 is 13.8 Å². The monoisotopic (exact) mass is 490 g/mol. The van der Waals surface area contributed by atoms with Crippen molar-refractivity contribution in [2.45, 2.75) is 31.1 Å². The van der Waals surface area contributed by atoms with E-state index >= 15 is 0 Å². The number of rotatable bonds is 8. The van der Waals surface area contributed by atoms with E-state index in [0.717, 1.165) is 40.3 Å². The molecule has 1 unspecified atom stereocenters. The Hall–Kier alpha value is -1.41. The largest absolute Gasteiger partial charge is 0.442 e. The van der Waals surface area contributed by atoms with Gasteiger partial charge in [-0.3, -0.25) is 0 Å². The van der Waals surface area contributed by atoms with Gasteiger partial charge in [-0.15, -0.1) is 0 Å². The van der Waals surface area contributed by atoms with Crippen LogP contribution in [0.15, 0.2) is 46.0 Å². The lowest BCUT2D eigenvalue weighted by Crippen LogP contribution is -2.01. The second-order valence-electron chi connectivity index (χ2n) is 6.21. The summed E-state index contributed by atoms with van der Waals surface area (Å²) in [5, 5.41) is 0.872. The Morgan fingerprint density at radius 1 is 1.32 bits per heavy atom. The molecule has 0 saturated heterocycles. The molecule has 0 saturated carbocycles. The lowest BCUT2D eigenvalue weighted by molar-refractivity contribution is 0.188. The van der Waals surface area contributed by atoms with Crippen LogP contribution in [-0.4, -0.2) is 26.8 Å². The molecule has 3 rings (SSSR count). The average Bonchev–Trinajstić information content (AvgIpc) is 3.02. The van der Waals surface area contributed by atoms with E-state index in [4.69, 9.17) is 4.89 Å². The van der Waals surface area contributed by atoms with Gasteiger partial charge in [0.05, 0.1) is 15.5 Å². The van der Waals surface area contributed by atoms with Gasteiger partial charge in [-0.05, 0) is 71.1 Å². The van der Waals surface area contributed by atoms with Crippen molar-refractivity contribution < 1.29 is 22.8 Å². The van der Waals surface area contributed by atoms with E-state index in [1.807, 2.05) is 19.1 Å². The summed E-state index contributed by atoms with van der Waals surface area (Å²) in [5.41, 5.74) is 4.10. The van der Waals surface area contributed by atoms with E-state index in [2.05, 4.69) is 36.5 Å². The van der Waals surface area contributed by atoms with Gasteiger partial charge < -0.3 is 14.4 Å². The molecule has 5 nitrogen and oxygen atoms in total. The molecule has 0 amide bonds. The van der Waals surface area contributed by atoms with Crippen molar-refractivity contribution in [3.05, 3.63) is 52.0 Å². The summed E-state index contributed by atoms with van der Waals surface area (Å²) in [6.45, 7) is 2.04. The molecule has 0 aliphatic heterocycles. The van der Waals surface area contributed by atoms with Crippen LogP contribution in [0.5, 0.6) is 5.75 Å². The second-order valence-corrected chi connectivity index (χ2v) is 9.85. The molecule has 0 fully saturated rings. The molecule has 0 radical (unpaired) electrons. The summed E-state index contributed by atoms with van der Waals surface area (Å²) < 4.78 is 41.2. The summed E-state index contributed by atoms with van der Waals surface area (Å²) in [6, 6.07) is 10.9. The summed E-state index contributed by atoms with van der Waals surface area (Å²) in [7, 11) is -4.98. The summed E-state index contributed by atoms with van der Waals surface area (Å²) >= 11 is 4.83. The molecule has 10 heteroatoms. The van der Waals surface area contributed by atoms with Crippen molar-refractivity contribution in [3.8, 4) is 5.75 Å². The van der Waals surface area contributed by atoms with Crippen LogP contribution < -0.4 is 4.52 Å². The highest BCUT2D eigenvalue weighted by atomic mass is 79.9. The smallest absolute Gasteiger partial charge is 0.420 e. The van der Waals surface area contributed by atoms with Crippen LogP contribution in [0.1, 0.15) is 17.5 Å². The number of nitrogens with zero attached hydrogens (tertiary/aromatic N) is 1. The maximum absolute atomic E-state index is 12.5. The quantitative estimate of drug-likeness (QED) is 0.225. The number of fused-ring (bicyclic) bond motifs is 1. The molecule has 1 heterocycles. The van der Waals surface area contributed by atoms with Gasteiger partial charge in [0, 0.05) is 5.75 Å². The van der Waals surface area contributed by atoms with Crippen LogP contribution in [0, 0.1) is 6.92 Å². The van der Waals surface area contributed by atoms with E-state index < -0.39 is 13.8 Å². The Balaban J connectivity index is 1.53. The molecule has 0 aliphatic rings. The number of hydrogen-bond donors (Lipinski definition) is 2. The Morgan fingerprint density at radius 3 is 2.82 bits per heavy atom. The highest BCUT2D eigenvalue weighted by Crippen LogP contribution is 2.50. The number of imidazole rings is 1. The highest BCUT2D eigenvalue weighted by molar-refractivity contribution is 9.10. The van der Waals surface area contributed by atoms with Gasteiger partial charge in [-0.2, -0.15) is 8.78 Å². The predicted octanol–water partition coefficient (Wildman–Crippen LogP) is 6.15. The van der Waals surface area contributed by atoms with Crippen molar-refractivity contribution in [1.82, 2.24) is 9.97 Å². The van der Waals surface area contributed by atoms with Crippen molar-refractivity contribution in [1.29, 1.82) is 0 Å². The first-order valence-electron chi connectivity index (χ1n) is 8.42. The molecule has 0 bridgehead atoms.